The minimum absolute atomic E-state index is 0.149. The van der Waals surface area contributed by atoms with Crippen LogP contribution in [0.5, 0.6) is 5.75 Å². The topological polar surface area (TPSA) is 130 Å². The van der Waals surface area contributed by atoms with Crippen LogP contribution in [0.3, 0.4) is 0 Å². The molecule has 9 heteroatoms. The second-order valence-corrected chi connectivity index (χ2v) is 5.80. The number of nitrogens with one attached hydrogen (secondary N) is 1. The highest BCUT2D eigenvalue weighted by molar-refractivity contribution is 6.39. The molecule has 3 rings (SSSR count). The Morgan fingerprint density at radius 2 is 1.78 bits per heavy atom. The summed E-state index contributed by atoms with van der Waals surface area (Å²) in [5.74, 6) is -2.31. The zero-order valence-corrected chi connectivity index (χ0v) is 14.0. The molecule has 2 aromatic carbocycles. The van der Waals surface area contributed by atoms with Gasteiger partial charge in [-0.25, -0.2) is 9.69 Å². The molecule has 2 aromatic rings. The molecule has 27 heavy (non-hydrogen) atoms. The van der Waals surface area contributed by atoms with Crippen LogP contribution < -0.4 is 10.2 Å². The summed E-state index contributed by atoms with van der Waals surface area (Å²) in [4.78, 5) is 47.9. The lowest BCUT2D eigenvalue weighted by Crippen LogP contribution is -2.54. The third-order valence-electron chi connectivity index (χ3n) is 3.90. The number of carbonyl (C=O) groups is 3. The number of phenols is 1. The van der Waals surface area contributed by atoms with E-state index < -0.39 is 34.2 Å². The molecule has 1 aliphatic rings. The first-order valence-corrected chi connectivity index (χ1v) is 7.73. The Balaban J connectivity index is 2.03. The molecule has 9 nitrogen and oxygen atoms in total. The van der Waals surface area contributed by atoms with Crippen molar-refractivity contribution in [2.75, 3.05) is 4.90 Å². The van der Waals surface area contributed by atoms with Gasteiger partial charge in [0.15, 0.2) is 5.75 Å². The monoisotopic (exact) mass is 367 g/mol. The van der Waals surface area contributed by atoms with E-state index in [0.29, 0.717) is 0 Å². The van der Waals surface area contributed by atoms with Crippen molar-refractivity contribution in [1.29, 1.82) is 0 Å². The zero-order chi connectivity index (χ0) is 19.7. The van der Waals surface area contributed by atoms with E-state index in [-0.39, 0.29) is 16.8 Å². The van der Waals surface area contributed by atoms with Crippen LogP contribution in [-0.2, 0) is 9.59 Å². The lowest BCUT2D eigenvalue weighted by molar-refractivity contribution is -0.385. The molecule has 136 valence electrons. The predicted octanol–water partition coefficient (Wildman–Crippen LogP) is 2.28. The van der Waals surface area contributed by atoms with Gasteiger partial charge in [0.2, 0.25) is 0 Å². The largest absolute Gasteiger partial charge is 0.502 e. The van der Waals surface area contributed by atoms with Crippen molar-refractivity contribution in [1.82, 2.24) is 5.32 Å². The molecular formula is C18H13N3O6. The number of nitro groups is 1. The number of urea groups is 1. The number of nitro benzene ring substituents is 1. The van der Waals surface area contributed by atoms with Gasteiger partial charge < -0.3 is 5.11 Å². The Labute approximate surface area is 152 Å². The smallest absolute Gasteiger partial charge is 0.335 e. The van der Waals surface area contributed by atoms with Gasteiger partial charge in [0.05, 0.1) is 10.6 Å². The molecule has 4 amide bonds. The van der Waals surface area contributed by atoms with Gasteiger partial charge in [-0.2, -0.15) is 0 Å². The van der Waals surface area contributed by atoms with Gasteiger partial charge in [-0.15, -0.1) is 0 Å². The average molecular weight is 367 g/mol. The molecule has 0 bridgehead atoms. The van der Waals surface area contributed by atoms with Crippen LogP contribution in [0.25, 0.3) is 6.08 Å². The summed E-state index contributed by atoms with van der Waals surface area (Å²) in [5, 5.41) is 22.5. The quantitative estimate of drug-likeness (QED) is 0.370. The Morgan fingerprint density at radius 1 is 1.11 bits per heavy atom. The van der Waals surface area contributed by atoms with Gasteiger partial charge in [-0.1, -0.05) is 23.8 Å². The van der Waals surface area contributed by atoms with E-state index in [9.17, 15) is 29.6 Å². The van der Waals surface area contributed by atoms with Crippen LogP contribution in [0.15, 0.2) is 48.0 Å². The van der Waals surface area contributed by atoms with Crippen molar-refractivity contribution in [2.45, 2.75) is 6.92 Å². The fourth-order valence-electron chi connectivity index (χ4n) is 2.53. The van der Waals surface area contributed by atoms with Gasteiger partial charge in [-0.3, -0.25) is 25.0 Å². The lowest BCUT2D eigenvalue weighted by atomic mass is 10.1. The van der Waals surface area contributed by atoms with Crippen LogP contribution >= 0.6 is 0 Å². The normalized spacial score (nSPS) is 15.8. The molecule has 0 radical (unpaired) electrons. The highest BCUT2D eigenvalue weighted by Crippen LogP contribution is 2.28. The van der Waals surface area contributed by atoms with Crippen LogP contribution in [0.2, 0.25) is 0 Å². The standard InChI is InChI=1S/C18H13N3O6/c1-10-2-5-12(6-3-10)20-17(24)13(16(23)19-18(20)25)8-11-4-7-15(22)14(9-11)21(26)27/h2-9,22H,1H3,(H,19,23,25)/b13-8+. The molecule has 0 aliphatic carbocycles. The van der Waals surface area contributed by atoms with Crippen molar-refractivity contribution >= 4 is 35.3 Å². The van der Waals surface area contributed by atoms with Crippen molar-refractivity contribution in [3.05, 3.63) is 69.3 Å². The van der Waals surface area contributed by atoms with Crippen molar-refractivity contribution in [3.8, 4) is 5.75 Å². The Bertz CT molecular complexity index is 1010. The van der Waals surface area contributed by atoms with Gasteiger partial charge in [0.25, 0.3) is 11.8 Å². The summed E-state index contributed by atoms with van der Waals surface area (Å²) in [6.07, 6.45) is 1.12. The predicted molar refractivity (Wildman–Crippen MR) is 94.9 cm³/mol. The minimum atomic E-state index is -0.913. The Kier molecular flexibility index (Phi) is 4.43. The molecule has 0 atom stereocenters. The van der Waals surface area contributed by atoms with E-state index in [1.165, 1.54) is 6.07 Å². The van der Waals surface area contributed by atoms with Crippen LogP contribution in [0.4, 0.5) is 16.2 Å². The van der Waals surface area contributed by atoms with E-state index in [1.807, 2.05) is 6.92 Å². The first kappa shape index (κ1) is 17.8. The molecule has 1 saturated heterocycles. The summed E-state index contributed by atoms with van der Waals surface area (Å²) in [5.41, 5.74) is 0.413. The first-order chi connectivity index (χ1) is 12.8. The van der Waals surface area contributed by atoms with Crippen LogP contribution in [0, 0.1) is 17.0 Å². The fourth-order valence-corrected chi connectivity index (χ4v) is 2.53. The molecule has 1 heterocycles. The number of hydrogen-bond donors (Lipinski definition) is 2. The molecule has 0 saturated carbocycles. The maximum atomic E-state index is 12.7. The number of phenolic OH excluding ortho intramolecular Hbond substituents is 1. The lowest BCUT2D eigenvalue weighted by Gasteiger charge is -2.26. The highest BCUT2D eigenvalue weighted by atomic mass is 16.6. The molecular weight excluding hydrogens is 354 g/mol. The molecule has 2 N–H and O–H groups in total. The summed E-state index contributed by atoms with van der Waals surface area (Å²) in [7, 11) is 0. The maximum Gasteiger partial charge on any atom is 0.335 e. The number of rotatable bonds is 3. The number of imide groups is 2. The number of nitrogens with zero attached hydrogens (tertiary/aromatic N) is 2. The van der Waals surface area contributed by atoms with E-state index in [4.69, 9.17) is 0 Å². The number of carbonyl (C=O) groups excluding carboxylic acids is 3. The molecule has 0 spiro atoms. The Hall–Kier alpha value is -4.01. The van der Waals surface area contributed by atoms with Crippen LogP contribution in [-0.4, -0.2) is 27.9 Å². The summed E-state index contributed by atoms with van der Waals surface area (Å²) >= 11 is 0. The van der Waals surface area contributed by atoms with Gasteiger partial charge in [-0.05, 0) is 36.8 Å². The van der Waals surface area contributed by atoms with Crippen molar-refractivity contribution < 1.29 is 24.4 Å². The average Bonchev–Trinajstić information content (AvgIpc) is 2.61. The van der Waals surface area contributed by atoms with Crippen LogP contribution in [0.1, 0.15) is 11.1 Å². The fraction of sp³-hybridized carbons (Fsp3) is 0.0556. The SMILES string of the molecule is Cc1ccc(N2C(=O)NC(=O)/C(=C\c3ccc(O)c([N+](=O)[O-])c3)C2=O)cc1. The van der Waals surface area contributed by atoms with Gasteiger partial charge >= 0.3 is 11.7 Å². The zero-order valence-electron chi connectivity index (χ0n) is 14.0. The molecule has 0 aromatic heterocycles. The summed E-state index contributed by atoms with van der Waals surface area (Å²) in [6.45, 7) is 1.84. The first-order valence-electron chi connectivity index (χ1n) is 7.73. The van der Waals surface area contributed by atoms with Gasteiger partial charge in [0.1, 0.15) is 5.57 Å². The van der Waals surface area contributed by atoms with E-state index >= 15 is 0 Å². The molecule has 1 fully saturated rings. The number of anilines is 1. The minimum Gasteiger partial charge on any atom is -0.502 e. The van der Waals surface area contributed by atoms with E-state index in [0.717, 1.165) is 28.7 Å². The van der Waals surface area contributed by atoms with Crippen molar-refractivity contribution in [2.24, 2.45) is 0 Å². The summed E-state index contributed by atoms with van der Waals surface area (Å²) < 4.78 is 0. The summed E-state index contributed by atoms with van der Waals surface area (Å²) in [6, 6.07) is 9.06. The van der Waals surface area contributed by atoms with Gasteiger partial charge in [0, 0.05) is 6.07 Å². The number of aromatic hydroxyl groups is 1. The number of amides is 4. The third-order valence-corrected chi connectivity index (χ3v) is 3.90. The highest BCUT2D eigenvalue weighted by Gasteiger charge is 2.36. The molecule has 1 aliphatic heterocycles. The number of hydrogen-bond acceptors (Lipinski definition) is 6. The maximum absolute atomic E-state index is 12.7. The second-order valence-electron chi connectivity index (χ2n) is 5.80. The van der Waals surface area contributed by atoms with E-state index in [2.05, 4.69) is 5.32 Å². The third kappa shape index (κ3) is 3.38. The van der Waals surface area contributed by atoms with Crippen molar-refractivity contribution in [3.63, 3.8) is 0 Å². The number of barbiturate groups is 1. The molecule has 0 unspecified atom stereocenters. The number of aryl methyl sites for hydroxylation is 1. The second kappa shape index (κ2) is 6.71. The number of benzene rings is 2. The Morgan fingerprint density at radius 3 is 2.41 bits per heavy atom. The van der Waals surface area contributed by atoms with E-state index in [1.54, 1.807) is 24.3 Å².